The molecule has 0 radical (unpaired) electrons. The molecule has 1 atom stereocenters. The molecule has 1 aromatic heterocycles. The molecule has 1 fully saturated rings. The highest BCUT2D eigenvalue weighted by Crippen LogP contribution is 2.16. The van der Waals surface area contributed by atoms with Crippen molar-refractivity contribution in [2.45, 2.75) is 25.4 Å². The Morgan fingerprint density at radius 1 is 1.57 bits per heavy atom. The van der Waals surface area contributed by atoms with Crippen molar-refractivity contribution in [1.29, 1.82) is 0 Å². The van der Waals surface area contributed by atoms with E-state index in [1.807, 2.05) is 18.7 Å². The van der Waals surface area contributed by atoms with Crippen molar-refractivity contribution in [3.63, 3.8) is 0 Å². The van der Waals surface area contributed by atoms with Crippen LogP contribution in [0.2, 0.25) is 0 Å². The van der Waals surface area contributed by atoms with Crippen LogP contribution in [0, 0.1) is 0 Å². The maximum Gasteiger partial charge on any atom is 0.224 e. The van der Waals surface area contributed by atoms with Crippen LogP contribution in [0.25, 0.3) is 0 Å². The van der Waals surface area contributed by atoms with E-state index in [2.05, 4.69) is 15.5 Å². The Morgan fingerprint density at radius 3 is 3.00 bits per heavy atom. The molecule has 1 saturated heterocycles. The highest BCUT2D eigenvalue weighted by atomic mass is 16.5. The fourth-order valence-corrected chi connectivity index (χ4v) is 1.77. The van der Waals surface area contributed by atoms with Crippen LogP contribution < -0.4 is 5.32 Å². The van der Waals surface area contributed by atoms with Gasteiger partial charge in [0, 0.05) is 27.1 Å². The van der Waals surface area contributed by atoms with E-state index in [-0.39, 0.29) is 0 Å². The van der Waals surface area contributed by atoms with Gasteiger partial charge in [0.1, 0.15) is 5.82 Å². The standard InChI is InChI=1S/C9H16N4O/c1-10-9-12-11-8(13(9)2)6-7-4-3-5-14-7/h7H,3-6H2,1-2H3,(H,10,12). The predicted molar refractivity (Wildman–Crippen MR) is 53.2 cm³/mol. The van der Waals surface area contributed by atoms with E-state index in [9.17, 15) is 0 Å². The van der Waals surface area contributed by atoms with E-state index in [4.69, 9.17) is 4.74 Å². The summed E-state index contributed by atoms with van der Waals surface area (Å²) in [6.45, 7) is 0.890. The number of hydrogen-bond acceptors (Lipinski definition) is 4. The highest BCUT2D eigenvalue weighted by Gasteiger charge is 2.19. The molecule has 1 aromatic rings. The predicted octanol–water partition coefficient (Wildman–Crippen LogP) is 0.578. The Hall–Kier alpha value is -1.10. The van der Waals surface area contributed by atoms with Crippen molar-refractivity contribution in [2.24, 2.45) is 7.05 Å². The fraction of sp³-hybridized carbons (Fsp3) is 0.778. The van der Waals surface area contributed by atoms with E-state index >= 15 is 0 Å². The van der Waals surface area contributed by atoms with Crippen LogP contribution in [0.15, 0.2) is 0 Å². The Morgan fingerprint density at radius 2 is 2.43 bits per heavy atom. The molecule has 0 spiro atoms. The molecule has 0 aromatic carbocycles. The Kier molecular flexibility index (Phi) is 2.67. The third-order valence-electron chi connectivity index (χ3n) is 2.62. The van der Waals surface area contributed by atoms with Crippen LogP contribution in [0.1, 0.15) is 18.7 Å². The zero-order valence-electron chi connectivity index (χ0n) is 8.66. The van der Waals surface area contributed by atoms with Gasteiger partial charge >= 0.3 is 0 Å². The molecule has 0 bridgehead atoms. The normalized spacial score (nSPS) is 21.4. The second kappa shape index (κ2) is 3.96. The van der Waals surface area contributed by atoms with Crippen molar-refractivity contribution < 1.29 is 4.74 Å². The summed E-state index contributed by atoms with van der Waals surface area (Å²) in [7, 11) is 3.82. The van der Waals surface area contributed by atoms with E-state index in [1.165, 1.54) is 6.42 Å². The van der Waals surface area contributed by atoms with Crippen LogP contribution in [0.3, 0.4) is 0 Å². The quantitative estimate of drug-likeness (QED) is 0.768. The van der Waals surface area contributed by atoms with Gasteiger partial charge in [-0.2, -0.15) is 0 Å². The lowest BCUT2D eigenvalue weighted by molar-refractivity contribution is 0.109. The van der Waals surface area contributed by atoms with E-state index in [1.54, 1.807) is 0 Å². The van der Waals surface area contributed by atoms with Crippen LogP contribution in [-0.4, -0.2) is 34.5 Å². The first kappa shape index (κ1) is 9.45. The number of nitrogens with zero attached hydrogens (tertiary/aromatic N) is 3. The minimum absolute atomic E-state index is 0.336. The first-order valence-electron chi connectivity index (χ1n) is 4.99. The van der Waals surface area contributed by atoms with Crippen molar-refractivity contribution in [3.05, 3.63) is 5.82 Å². The molecular weight excluding hydrogens is 180 g/mol. The SMILES string of the molecule is CNc1nnc(CC2CCCO2)n1C. The maximum absolute atomic E-state index is 5.55. The second-order valence-corrected chi connectivity index (χ2v) is 3.59. The summed E-state index contributed by atoms with van der Waals surface area (Å²) in [6.07, 6.45) is 3.51. The summed E-state index contributed by atoms with van der Waals surface area (Å²) in [6, 6.07) is 0. The zero-order valence-corrected chi connectivity index (χ0v) is 8.66. The molecule has 1 aliphatic rings. The Balaban J connectivity index is 2.04. The molecular formula is C9H16N4O. The summed E-state index contributed by atoms with van der Waals surface area (Å²) in [5.41, 5.74) is 0. The number of ether oxygens (including phenoxy) is 1. The summed E-state index contributed by atoms with van der Waals surface area (Å²) >= 11 is 0. The smallest absolute Gasteiger partial charge is 0.224 e. The molecule has 5 heteroatoms. The molecule has 2 rings (SSSR count). The fourth-order valence-electron chi connectivity index (χ4n) is 1.77. The van der Waals surface area contributed by atoms with Crippen molar-refractivity contribution in [2.75, 3.05) is 19.0 Å². The number of hydrogen-bond donors (Lipinski definition) is 1. The lowest BCUT2D eigenvalue weighted by atomic mass is 10.2. The van der Waals surface area contributed by atoms with Gasteiger partial charge < -0.3 is 14.6 Å². The largest absolute Gasteiger partial charge is 0.378 e. The molecule has 2 heterocycles. The highest BCUT2D eigenvalue weighted by molar-refractivity contribution is 5.23. The second-order valence-electron chi connectivity index (χ2n) is 3.59. The minimum Gasteiger partial charge on any atom is -0.378 e. The van der Waals surface area contributed by atoms with E-state index in [0.29, 0.717) is 6.10 Å². The topological polar surface area (TPSA) is 52.0 Å². The van der Waals surface area contributed by atoms with Gasteiger partial charge in [-0.25, -0.2) is 0 Å². The lowest BCUT2D eigenvalue weighted by Gasteiger charge is -2.08. The molecule has 78 valence electrons. The van der Waals surface area contributed by atoms with Gasteiger partial charge in [-0.05, 0) is 12.8 Å². The van der Waals surface area contributed by atoms with Gasteiger partial charge in [0.15, 0.2) is 0 Å². The van der Waals surface area contributed by atoms with Crippen molar-refractivity contribution >= 4 is 5.95 Å². The van der Waals surface area contributed by atoms with Gasteiger partial charge in [0.2, 0.25) is 5.95 Å². The van der Waals surface area contributed by atoms with Gasteiger partial charge in [0.05, 0.1) is 6.10 Å². The van der Waals surface area contributed by atoms with Gasteiger partial charge in [-0.1, -0.05) is 0 Å². The molecule has 1 N–H and O–H groups in total. The summed E-state index contributed by atoms with van der Waals surface area (Å²) < 4.78 is 7.53. The van der Waals surface area contributed by atoms with Gasteiger partial charge in [-0.15, -0.1) is 10.2 Å². The maximum atomic E-state index is 5.55. The average Bonchev–Trinajstić information content (AvgIpc) is 2.79. The third kappa shape index (κ3) is 1.72. The molecule has 5 nitrogen and oxygen atoms in total. The average molecular weight is 196 g/mol. The summed E-state index contributed by atoms with van der Waals surface area (Å²) in [5.74, 6) is 1.79. The number of anilines is 1. The monoisotopic (exact) mass is 196 g/mol. The van der Waals surface area contributed by atoms with E-state index < -0.39 is 0 Å². The summed E-state index contributed by atoms with van der Waals surface area (Å²) in [4.78, 5) is 0. The van der Waals surface area contributed by atoms with Gasteiger partial charge in [-0.3, -0.25) is 0 Å². The molecule has 0 saturated carbocycles. The summed E-state index contributed by atoms with van der Waals surface area (Å²) in [5, 5.41) is 11.1. The van der Waals surface area contributed by atoms with Gasteiger partial charge in [0.25, 0.3) is 0 Å². The minimum atomic E-state index is 0.336. The van der Waals surface area contributed by atoms with Crippen LogP contribution in [0.4, 0.5) is 5.95 Å². The lowest BCUT2D eigenvalue weighted by Crippen LogP contribution is -2.13. The molecule has 0 aliphatic carbocycles. The van der Waals surface area contributed by atoms with Crippen molar-refractivity contribution in [1.82, 2.24) is 14.8 Å². The molecule has 1 aliphatic heterocycles. The molecule has 0 amide bonds. The number of nitrogens with one attached hydrogen (secondary N) is 1. The zero-order chi connectivity index (χ0) is 9.97. The van der Waals surface area contributed by atoms with Crippen molar-refractivity contribution in [3.8, 4) is 0 Å². The first-order valence-corrected chi connectivity index (χ1v) is 4.99. The third-order valence-corrected chi connectivity index (χ3v) is 2.62. The first-order chi connectivity index (χ1) is 6.81. The van der Waals surface area contributed by atoms with Crippen LogP contribution in [0.5, 0.6) is 0 Å². The number of aromatic nitrogens is 3. The Bertz CT molecular complexity index is 304. The number of rotatable bonds is 3. The van der Waals surface area contributed by atoms with E-state index in [0.717, 1.165) is 31.2 Å². The van der Waals surface area contributed by atoms with Crippen LogP contribution >= 0.6 is 0 Å². The molecule has 1 unspecified atom stereocenters. The van der Waals surface area contributed by atoms with Crippen LogP contribution in [-0.2, 0) is 18.2 Å². The molecule has 14 heavy (non-hydrogen) atoms. The Labute approximate surface area is 83.5 Å².